The van der Waals surface area contributed by atoms with Crippen molar-refractivity contribution >= 4 is 33.3 Å². The van der Waals surface area contributed by atoms with Crippen molar-refractivity contribution < 1.29 is 9.53 Å². The summed E-state index contributed by atoms with van der Waals surface area (Å²) in [5, 5.41) is 3.01. The summed E-state index contributed by atoms with van der Waals surface area (Å²) in [4.78, 5) is 23.7. The van der Waals surface area contributed by atoms with Crippen LogP contribution >= 0.6 is 15.9 Å². The Morgan fingerprint density at radius 2 is 1.83 bits per heavy atom. The number of halogens is 1. The van der Waals surface area contributed by atoms with Crippen LogP contribution in [-0.4, -0.2) is 29.0 Å². The molecular weight excluding hydrogens is 444 g/mol. The van der Waals surface area contributed by atoms with Gasteiger partial charge in [-0.3, -0.25) is 4.79 Å². The van der Waals surface area contributed by atoms with Gasteiger partial charge in [-0.05, 0) is 61.7 Å². The van der Waals surface area contributed by atoms with Gasteiger partial charge in [0.05, 0.1) is 0 Å². The highest BCUT2D eigenvalue weighted by molar-refractivity contribution is 9.10. The zero-order valence-electron chi connectivity index (χ0n) is 16.7. The number of ether oxygens (including phenoxy) is 1. The SMILES string of the molecule is Cc1cccc(Oc2nccnc2N2CCC(C(=O)Nc3ccc(Br)cc3)CC2)c1. The molecular formula is C23H23BrN4O2. The summed E-state index contributed by atoms with van der Waals surface area (Å²) in [5.41, 5.74) is 1.93. The van der Waals surface area contributed by atoms with E-state index in [2.05, 4.69) is 36.1 Å². The summed E-state index contributed by atoms with van der Waals surface area (Å²) in [5.74, 6) is 1.97. The molecule has 1 saturated heterocycles. The van der Waals surface area contributed by atoms with Gasteiger partial charge in [0.15, 0.2) is 5.82 Å². The molecule has 0 saturated carbocycles. The van der Waals surface area contributed by atoms with Crippen LogP contribution in [0.2, 0.25) is 0 Å². The van der Waals surface area contributed by atoms with E-state index in [1.807, 2.05) is 55.5 Å². The highest BCUT2D eigenvalue weighted by atomic mass is 79.9. The van der Waals surface area contributed by atoms with E-state index in [9.17, 15) is 4.79 Å². The monoisotopic (exact) mass is 466 g/mol. The molecule has 0 unspecified atom stereocenters. The minimum atomic E-state index is -0.0253. The third-order valence-corrected chi connectivity index (χ3v) is 5.66. The molecule has 1 aromatic heterocycles. The maximum atomic E-state index is 12.6. The van der Waals surface area contributed by atoms with E-state index < -0.39 is 0 Å². The van der Waals surface area contributed by atoms with Crippen LogP contribution in [-0.2, 0) is 4.79 Å². The number of nitrogens with zero attached hydrogens (tertiary/aromatic N) is 3. The van der Waals surface area contributed by atoms with Gasteiger partial charge in [0.1, 0.15) is 5.75 Å². The average molecular weight is 467 g/mol. The number of carbonyl (C=O) groups excluding carboxylic acids is 1. The van der Waals surface area contributed by atoms with E-state index in [0.717, 1.165) is 47.4 Å². The van der Waals surface area contributed by atoms with Gasteiger partial charge in [-0.15, -0.1) is 0 Å². The van der Waals surface area contributed by atoms with Crippen molar-refractivity contribution in [3.05, 3.63) is 71.0 Å². The molecule has 0 bridgehead atoms. The highest BCUT2D eigenvalue weighted by Gasteiger charge is 2.27. The lowest BCUT2D eigenvalue weighted by molar-refractivity contribution is -0.120. The quantitative estimate of drug-likeness (QED) is 0.559. The number of aryl methyl sites for hydroxylation is 1. The van der Waals surface area contributed by atoms with E-state index in [4.69, 9.17) is 4.74 Å². The van der Waals surface area contributed by atoms with Gasteiger partial charge in [0.2, 0.25) is 5.91 Å². The largest absolute Gasteiger partial charge is 0.436 e. The minimum Gasteiger partial charge on any atom is -0.436 e. The molecule has 30 heavy (non-hydrogen) atoms. The summed E-state index contributed by atoms with van der Waals surface area (Å²) in [6.45, 7) is 3.47. The van der Waals surface area contributed by atoms with E-state index >= 15 is 0 Å². The number of amides is 1. The highest BCUT2D eigenvalue weighted by Crippen LogP contribution is 2.31. The van der Waals surface area contributed by atoms with Crippen molar-refractivity contribution in [3.63, 3.8) is 0 Å². The first-order valence-corrected chi connectivity index (χ1v) is 10.7. The molecule has 2 aromatic carbocycles. The number of carbonyl (C=O) groups is 1. The summed E-state index contributed by atoms with van der Waals surface area (Å²) < 4.78 is 7.00. The maximum absolute atomic E-state index is 12.6. The number of anilines is 2. The lowest BCUT2D eigenvalue weighted by Crippen LogP contribution is -2.38. The fourth-order valence-corrected chi connectivity index (χ4v) is 3.79. The number of benzene rings is 2. The Hall–Kier alpha value is -2.93. The number of piperidine rings is 1. The van der Waals surface area contributed by atoms with Crippen molar-refractivity contribution in [2.24, 2.45) is 5.92 Å². The first kappa shape index (κ1) is 20.3. The smallest absolute Gasteiger partial charge is 0.263 e. The number of hydrogen-bond acceptors (Lipinski definition) is 5. The molecule has 1 amide bonds. The average Bonchev–Trinajstić information content (AvgIpc) is 2.76. The molecule has 1 fully saturated rings. The number of hydrogen-bond donors (Lipinski definition) is 1. The molecule has 3 aromatic rings. The Morgan fingerprint density at radius 1 is 1.10 bits per heavy atom. The predicted octanol–water partition coefficient (Wildman–Crippen LogP) is 5.19. The van der Waals surface area contributed by atoms with Gasteiger partial charge in [-0.25, -0.2) is 9.97 Å². The second-order valence-corrected chi connectivity index (χ2v) is 8.28. The molecule has 0 atom stereocenters. The molecule has 1 N–H and O–H groups in total. The van der Waals surface area contributed by atoms with Gasteiger partial charge >= 0.3 is 0 Å². The minimum absolute atomic E-state index is 0.0253. The zero-order chi connectivity index (χ0) is 20.9. The van der Waals surface area contributed by atoms with Crippen molar-refractivity contribution in [2.75, 3.05) is 23.3 Å². The normalized spacial score (nSPS) is 14.4. The van der Waals surface area contributed by atoms with Crippen LogP contribution in [0.1, 0.15) is 18.4 Å². The molecule has 1 aliphatic heterocycles. The second kappa shape index (κ2) is 9.26. The fraction of sp³-hybridized carbons (Fsp3) is 0.261. The number of nitrogens with one attached hydrogen (secondary N) is 1. The van der Waals surface area contributed by atoms with Gasteiger partial charge in [0, 0.05) is 41.6 Å². The number of aromatic nitrogens is 2. The molecule has 2 heterocycles. The predicted molar refractivity (Wildman–Crippen MR) is 121 cm³/mol. The second-order valence-electron chi connectivity index (χ2n) is 7.36. The Kier molecular flexibility index (Phi) is 6.28. The molecule has 6 nitrogen and oxygen atoms in total. The van der Waals surface area contributed by atoms with E-state index in [-0.39, 0.29) is 11.8 Å². The van der Waals surface area contributed by atoms with Crippen LogP contribution in [0.5, 0.6) is 11.6 Å². The van der Waals surface area contributed by atoms with Crippen molar-refractivity contribution in [1.29, 1.82) is 0 Å². The van der Waals surface area contributed by atoms with Crippen LogP contribution < -0.4 is 15.0 Å². The van der Waals surface area contributed by atoms with E-state index in [1.54, 1.807) is 12.4 Å². The third-order valence-electron chi connectivity index (χ3n) is 5.13. The molecule has 7 heteroatoms. The van der Waals surface area contributed by atoms with Crippen LogP contribution in [0.3, 0.4) is 0 Å². The van der Waals surface area contributed by atoms with Crippen molar-refractivity contribution in [3.8, 4) is 11.6 Å². The molecule has 1 aliphatic rings. The maximum Gasteiger partial charge on any atom is 0.263 e. The van der Waals surface area contributed by atoms with Crippen LogP contribution in [0.15, 0.2) is 65.4 Å². The molecule has 154 valence electrons. The Morgan fingerprint density at radius 3 is 2.57 bits per heavy atom. The lowest BCUT2D eigenvalue weighted by Gasteiger charge is -2.32. The van der Waals surface area contributed by atoms with Crippen molar-refractivity contribution in [1.82, 2.24) is 9.97 Å². The van der Waals surface area contributed by atoms with Crippen molar-refractivity contribution in [2.45, 2.75) is 19.8 Å². The number of rotatable bonds is 5. The van der Waals surface area contributed by atoms with Crippen LogP contribution in [0.4, 0.5) is 11.5 Å². The Labute approximate surface area is 184 Å². The summed E-state index contributed by atoms with van der Waals surface area (Å²) in [6.07, 6.45) is 4.81. The standard InChI is InChI=1S/C23H23BrN4O2/c1-16-3-2-4-20(15-16)30-23-21(25-11-12-26-23)28-13-9-17(10-14-28)22(29)27-19-7-5-18(24)6-8-19/h2-8,11-12,15,17H,9-10,13-14H2,1H3,(H,27,29). The van der Waals surface area contributed by atoms with Gasteiger partial charge < -0.3 is 15.0 Å². The lowest BCUT2D eigenvalue weighted by atomic mass is 9.96. The van der Waals surface area contributed by atoms with Gasteiger partial charge in [0.25, 0.3) is 5.88 Å². The van der Waals surface area contributed by atoms with E-state index in [0.29, 0.717) is 11.7 Å². The first-order chi connectivity index (χ1) is 14.6. The van der Waals surface area contributed by atoms with Gasteiger partial charge in [-0.1, -0.05) is 28.1 Å². The Balaban J connectivity index is 1.39. The summed E-state index contributed by atoms with van der Waals surface area (Å²) >= 11 is 3.41. The molecule has 0 spiro atoms. The molecule has 4 rings (SSSR count). The zero-order valence-corrected chi connectivity index (χ0v) is 18.3. The fourth-order valence-electron chi connectivity index (χ4n) is 3.53. The third kappa shape index (κ3) is 4.97. The topological polar surface area (TPSA) is 67.4 Å². The van der Waals surface area contributed by atoms with Gasteiger partial charge in [-0.2, -0.15) is 0 Å². The Bertz CT molecular complexity index is 1020. The van der Waals surface area contributed by atoms with E-state index in [1.165, 1.54) is 0 Å². The molecule has 0 aliphatic carbocycles. The van der Waals surface area contributed by atoms with Crippen LogP contribution in [0, 0.1) is 12.8 Å². The van der Waals surface area contributed by atoms with Crippen LogP contribution in [0.25, 0.3) is 0 Å². The summed E-state index contributed by atoms with van der Waals surface area (Å²) in [7, 11) is 0. The summed E-state index contributed by atoms with van der Waals surface area (Å²) in [6, 6.07) is 15.5. The first-order valence-electron chi connectivity index (χ1n) is 9.95. The molecule has 0 radical (unpaired) electrons.